The van der Waals surface area contributed by atoms with Crippen molar-refractivity contribution in [3.63, 3.8) is 0 Å². The van der Waals surface area contributed by atoms with Crippen LogP contribution in [0.1, 0.15) is 49.1 Å². The summed E-state index contributed by atoms with van der Waals surface area (Å²) in [7, 11) is 0. The highest BCUT2D eigenvalue weighted by molar-refractivity contribution is 6.32. The van der Waals surface area contributed by atoms with Crippen LogP contribution in [0.15, 0.2) is 24.3 Å². The lowest BCUT2D eigenvalue weighted by Crippen LogP contribution is -2.42. The van der Waals surface area contributed by atoms with Gasteiger partial charge in [0.25, 0.3) is 5.91 Å². The number of nitrogens with one attached hydrogen (secondary N) is 1. The number of aromatic nitrogens is 3. The zero-order chi connectivity index (χ0) is 17.3. The third-order valence-corrected chi connectivity index (χ3v) is 4.51. The minimum atomic E-state index is -0.287. The number of halogens is 1. The maximum absolute atomic E-state index is 12.5. The molecule has 2 aromatic rings. The summed E-state index contributed by atoms with van der Waals surface area (Å²) in [5, 5.41) is 7.92. The molecule has 1 unspecified atom stereocenters. The van der Waals surface area contributed by atoms with Crippen LogP contribution >= 0.6 is 11.6 Å². The summed E-state index contributed by atoms with van der Waals surface area (Å²) in [5.41, 5.74) is 6.47. The minimum Gasteiger partial charge on any atom is -0.345 e. The summed E-state index contributed by atoms with van der Waals surface area (Å²) in [4.78, 5) is 16.9. The fourth-order valence-corrected chi connectivity index (χ4v) is 2.91. The minimum absolute atomic E-state index is 0.00716. The van der Waals surface area contributed by atoms with Crippen molar-refractivity contribution in [2.75, 3.05) is 6.54 Å². The van der Waals surface area contributed by atoms with Crippen molar-refractivity contribution in [3.8, 4) is 5.69 Å². The van der Waals surface area contributed by atoms with Gasteiger partial charge in [0.05, 0.1) is 10.7 Å². The van der Waals surface area contributed by atoms with Gasteiger partial charge in [-0.1, -0.05) is 37.6 Å². The van der Waals surface area contributed by atoms with E-state index in [1.165, 1.54) is 0 Å². The van der Waals surface area contributed by atoms with Gasteiger partial charge in [-0.3, -0.25) is 4.79 Å². The summed E-state index contributed by atoms with van der Waals surface area (Å²) in [6, 6.07) is 7.38. The van der Waals surface area contributed by atoms with Gasteiger partial charge in [0.2, 0.25) is 5.82 Å². The van der Waals surface area contributed by atoms with Gasteiger partial charge >= 0.3 is 0 Å². The van der Waals surface area contributed by atoms with Crippen molar-refractivity contribution in [2.45, 2.75) is 38.6 Å². The van der Waals surface area contributed by atoms with Crippen LogP contribution in [-0.4, -0.2) is 33.3 Å². The Morgan fingerprint density at radius 2 is 2.12 bits per heavy atom. The van der Waals surface area contributed by atoms with Gasteiger partial charge in [0.15, 0.2) is 0 Å². The summed E-state index contributed by atoms with van der Waals surface area (Å²) in [6.45, 7) is 4.44. The first-order chi connectivity index (χ1) is 11.5. The second-order valence-electron chi connectivity index (χ2n) is 6.46. The summed E-state index contributed by atoms with van der Waals surface area (Å²) in [6.07, 6.45) is 2.22. The Labute approximate surface area is 146 Å². The normalized spacial score (nSPS) is 15.5. The van der Waals surface area contributed by atoms with E-state index in [-0.39, 0.29) is 23.7 Å². The molecule has 1 heterocycles. The molecule has 1 atom stereocenters. The Morgan fingerprint density at radius 1 is 1.42 bits per heavy atom. The molecule has 1 aliphatic rings. The first-order valence-electron chi connectivity index (χ1n) is 8.24. The number of carbonyl (C=O) groups excluding carboxylic acids is 1. The first-order valence-corrected chi connectivity index (χ1v) is 8.61. The van der Waals surface area contributed by atoms with E-state index in [1.807, 2.05) is 32.0 Å². The topological polar surface area (TPSA) is 85.8 Å². The van der Waals surface area contributed by atoms with E-state index in [0.717, 1.165) is 12.8 Å². The molecule has 24 heavy (non-hydrogen) atoms. The number of nitrogens with zero attached hydrogens (tertiary/aromatic N) is 3. The summed E-state index contributed by atoms with van der Waals surface area (Å²) in [5.74, 6) is 1.14. The lowest BCUT2D eigenvalue weighted by molar-refractivity contribution is 0.0923. The van der Waals surface area contributed by atoms with Crippen molar-refractivity contribution in [2.24, 2.45) is 11.7 Å². The molecule has 128 valence electrons. The number of amides is 1. The van der Waals surface area contributed by atoms with Gasteiger partial charge < -0.3 is 11.1 Å². The van der Waals surface area contributed by atoms with E-state index in [1.54, 1.807) is 10.7 Å². The number of hydrogen-bond donors (Lipinski definition) is 2. The Morgan fingerprint density at radius 3 is 2.71 bits per heavy atom. The molecule has 1 aromatic heterocycles. The number of carbonyl (C=O) groups is 1. The molecule has 7 heteroatoms. The molecule has 1 saturated carbocycles. The SMILES string of the molecule is CC(C)c1nc(C(=O)NC(CN)C2CC2)nn1-c1ccccc1Cl. The van der Waals surface area contributed by atoms with Gasteiger partial charge in [0, 0.05) is 18.5 Å². The van der Waals surface area contributed by atoms with Crippen LogP contribution in [0.3, 0.4) is 0 Å². The highest BCUT2D eigenvalue weighted by Crippen LogP contribution is 2.32. The van der Waals surface area contributed by atoms with Crippen molar-refractivity contribution >= 4 is 17.5 Å². The van der Waals surface area contributed by atoms with E-state index in [0.29, 0.717) is 29.0 Å². The molecule has 0 saturated heterocycles. The number of benzene rings is 1. The standard InChI is InChI=1S/C17H22ClN5O/c1-10(2)16-21-15(17(24)20-13(9-19)11-7-8-11)22-23(16)14-6-4-3-5-12(14)18/h3-6,10-11,13H,7-9,19H2,1-2H3,(H,20,24). The maximum atomic E-state index is 12.5. The molecular weight excluding hydrogens is 326 g/mol. The van der Waals surface area contributed by atoms with Crippen LogP contribution in [0.5, 0.6) is 0 Å². The van der Waals surface area contributed by atoms with Crippen molar-refractivity contribution in [3.05, 3.63) is 40.9 Å². The monoisotopic (exact) mass is 347 g/mol. The van der Waals surface area contributed by atoms with Crippen molar-refractivity contribution in [1.29, 1.82) is 0 Å². The Balaban J connectivity index is 1.91. The smallest absolute Gasteiger partial charge is 0.291 e. The molecule has 3 rings (SSSR count). The molecule has 1 aromatic carbocycles. The fraction of sp³-hybridized carbons (Fsp3) is 0.471. The van der Waals surface area contributed by atoms with Gasteiger partial charge in [-0.2, -0.15) is 0 Å². The largest absolute Gasteiger partial charge is 0.345 e. The van der Waals surface area contributed by atoms with E-state index in [9.17, 15) is 4.79 Å². The maximum Gasteiger partial charge on any atom is 0.291 e. The first kappa shape index (κ1) is 16.9. The van der Waals surface area contributed by atoms with Crippen LogP contribution in [0.25, 0.3) is 5.69 Å². The van der Waals surface area contributed by atoms with Crippen LogP contribution in [0.2, 0.25) is 5.02 Å². The molecule has 1 fully saturated rings. The average Bonchev–Trinajstić information content (AvgIpc) is 3.30. The van der Waals surface area contributed by atoms with E-state index in [2.05, 4.69) is 15.4 Å². The lowest BCUT2D eigenvalue weighted by Gasteiger charge is -2.14. The highest BCUT2D eigenvalue weighted by atomic mass is 35.5. The second kappa shape index (κ2) is 6.91. The predicted molar refractivity (Wildman–Crippen MR) is 93.5 cm³/mol. The quantitative estimate of drug-likeness (QED) is 0.840. The van der Waals surface area contributed by atoms with E-state index in [4.69, 9.17) is 17.3 Å². The third kappa shape index (κ3) is 3.44. The van der Waals surface area contributed by atoms with Crippen LogP contribution in [0.4, 0.5) is 0 Å². The number of hydrogen-bond acceptors (Lipinski definition) is 4. The van der Waals surface area contributed by atoms with E-state index >= 15 is 0 Å². The molecule has 0 radical (unpaired) electrons. The second-order valence-corrected chi connectivity index (χ2v) is 6.87. The molecule has 0 bridgehead atoms. The number of rotatable bonds is 6. The zero-order valence-electron chi connectivity index (χ0n) is 13.9. The average molecular weight is 348 g/mol. The lowest BCUT2D eigenvalue weighted by atomic mass is 10.2. The molecule has 3 N–H and O–H groups in total. The predicted octanol–water partition coefficient (Wildman–Crippen LogP) is 2.51. The Hall–Kier alpha value is -1.92. The summed E-state index contributed by atoms with van der Waals surface area (Å²) >= 11 is 6.28. The van der Waals surface area contributed by atoms with Gasteiger partial charge in [-0.15, -0.1) is 5.10 Å². The fourth-order valence-electron chi connectivity index (χ4n) is 2.70. The van der Waals surface area contributed by atoms with Crippen molar-refractivity contribution < 1.29 is 4.79 Å². The molecule has 6 nitrogen and oxygen atoms in total. The van der Waals surface area contributed by atoms with Gasteiger partial charge in [0.1, 0.15) is 5.82 Å². The van der Waals surface area contributed by atoms with Crippen molar-refractivity contribution in [1.82, 2.24) is 20.1 Å². The highest BCUT2D eigenvalue weighted by Gasteiger charge is 2.32. The van der Waals surface area contributed by atoms with Gasteiger partial charge in [-0.05, 0) is 30.9 Å². The number of para-hydroxylation sites is 1. The molecule has 0 aliphatic heterocycles. The summed E-state index contributed by atoms with van der Waals surface area (Å²) < 4.78 is 1.65. The number of nitrogens with two attached hydrogens (primary N) is 1. The molecule has 1 aliphatic carbocycles. The third-order valence-electron chi connectivity index (χ3n) is 4.19. The Kier molecular flexibility index (Phi) is 4.87. The molecule has 1 amide bonds. The van der Waals surface area contributed by atoms with Crippen LogP contribution in [-0.2, 0) is 0 Å². The van der Waals surface area contributed by atoms with E-state index < -0.39 is 0 Å². The van der Waals surface area contributed by atoms with Gasteiger partial charge in [-0.25, -0.2) is 9.67 Å². The van der Waals surface area contributed by atoms with Crippen LogP contribution in [0, 0.1) is 5.92 Å². The van der Waals surface area contributed by atoms with Crippen LogP contribution < -0.4 is 11.1 Å². The Bertz CT molecular complexity index is 738. The zero-order valence-corrected chi connectivity index (χ0v) is 14.6. The molecular formula is C17H22ClN5O. The molecule has 0 spiro atoms.